The van der Waals surface area contributed by atoms with E-state index in [4.69, 9.17) is 21.0 Å². The molecule has 1 heterocycles. The predicted molar refractivity (Wildman–Crippen MR) is 54.1 cm³/mol. The smallest absolute Gasteiger partial charge is 0.215 e. The number of nitrogens with two attached hydrogens (primary N) is 1. The normalized spacial score (nSPS) is 18.5. The first-order valence-electron chi connectivity index (χ1n) is 4.26. The zero-order valence-corrected chi connectivity index (χ0v) is 8.34. The van der Waals surface area contributed by atoms with Gasteiger partial charge in [-0.3, -0.25) is 10.2 Å². The number of hydrogen-bond acceptors (Lipinski definition) is 5. The van der Waals surface area contributed by atoms with Gasteiger partial charge in [-0.2, -0.15) is 10.5 Å². The van der Waals surface area contributed by atoms with E-state index in [1.807, 2.05) is 0 Å². The molecule has 0 aliphatic carbocycles. The van der Waals surface area contributed by atoms with E-state index in [1.54, 1.807) is 17.3 Å². The van der Waals surface area contributed by atoms with Gasteiger partial charge in [-0.1, -0.05) is 0 Å². The van der Waals surface area contributed by atoms with Crippen LogP contribution in [0.3, 0.4) is 0 Å². The maximum absolute atomic E-state index is 8.44. The lowest BCUT2D eigenvalue weighted by atomic mass is 10.7. The molecule has 0 bridgehead atoms. The number of nitrogens with zero attached hydrogens (tertiary/aromatic N) is 5. The molecule has 9 nitrogen and oxygen atoms in total. The van der Waals surface area contributed by atoms with Crippen LogP contribution < -0.4 is 16.4 Å². The molecule has 1 rings (SSSR count). The number of rotatable bonds is 2. The third kappa shape index (κ3) is 3.32. The monoisotopic (exact) mass is 222 g/mol. The summed E-state index contributed by atoms with van der Waals surface area (Å²) in [6.45, 7) is 0.664. The maximum Gasteiger partial charge on any atom is 0.215 e. The fourth-order valence-corrected chi connectivity index (χ4v) is 0.968. The van der Waals surface area contributed by atoms with Crippen LogP contribution in [0.15, 0.2) is 9.98 Å². The van der Waals surface area contributed by atoms with Gasteiger partial charge >= 0.3 is 0 Å². The number of nitriles is 2. The molecule has 16 heavy (non-hydrogen) atoms. The van der Waals surface area contributed by atoms with Gasteiger partial charge < -0.3 is 15.8 Å². The molecule has 1 fully saturated rings. The molecule has 0 radical (unpaired) electrons. The second-order valence-corrected chi connectivity index (χ2v) is 2.65. The van der Waals surface area contributed by atoms with Gasteiger partial charge in [-0.15, -0.1) is 4.99 Å². The van der Waals surface area contributed by atoms with Crippen molar-refractivity contribution in [1.82, 2.24) is 15.5 Å². The fraction of sp³-hybridized carbons (Fsp3) is 0.429. The van der Waals surface area contributed by atoms with Crippen LogP contribution in [0.25, 0.3) is 0 Å². The Labute approximate surface area is 91.8 Å². The van der Waals surface area contributed by atoms with Crippen molar-refractivity contribution < 1.29 is 4.74 Å². The Morgan fingerprint density at radius 1 is 1.69 bits per heavy atom. The van der Waals surface area contributed by atoms with Crippen LogP contribution in [0.4, 0.5) is 0 Å². The molecule has 0 unspecified atom stereocenters. The summed E-state index contributed by atoms with van der Waals surface area (Å²) in [5.74, 6) is 0.353. The summed E-state index contributed by atoms with van der Waals surface area (Å²) >= 11 is 0. The summed E-state index contributed by atoms with van der Waals surface area (Å²) in [4.78, 5) is 8.95. The Balaban J connectivity index is 2.58. The van der Waals surface area contributed by atoms with Crippen molar-refractivity contribution in [3.8, 4) is 12.4 Å². The number of guanidine groups is 2. The third-order valence-corrected chi connectivity index (χ3v) is 1.63. The standard InChI is InChI=1S/C7H10N8O/c8-1-11-6(10)13-3-15-5-16-4-14-7(15)12-2-9/h3-5H2,(H,12,14)(H3,10,11,13). The van der Waals surface area contributed by atoms with E-state index < -0.39 is 0 Å². The van der Waals surface area contributed by atoms with Gasteiger partial charge in [0, 0.05) is 0 Å². The topological polar surface area (TPSA) is 135 Å². The van der Waals surface area contributed by atoms with Crippen LogP contribution in [0.5, 0.6) is 0 Å². The first-order chi connectivity index (χ1) is 7.77. The summed E-state index contributed by atoms with van der Waals surface area (Å²) in [5.41, 5.74) is 5.34. The van der Waals surface area contributed by atoms with E-state index >= 15 is 0 Å². The molecule has 0 amide bonds. The molecule has 0 atom stereocenters. The molecule has 0 spiro atoms. The van der Waals surface area contributed by atoms with Crippen LogP contribution in [0, 0.1) is 22.9 Å². The molecule has 0 saturated carbocycles. The molecule has 4 N–H and O–H groups in total. The van der Waals surface area contributed by atoms with Crippen LogP contribution in [0.1, 0.15) is 0 Å². The van der Waals surface area contributed by atoms with Crippen LogP contribution >= 0.6 is 0 Å². The van der Waals surface area contributed by atoms with E-state index in [9.17, 15) is 0 Å². The molecule has 9 heteroatoms. The molecule has 0 aromatic heterocycles. The fourth-order valence-electron chi connectivity index (χ4n) is 0.968. The highest BCUT2D eigenvalue weighted by Crippen LogP contribution is 1.96. The molecular formula is C7H10N8O. The molecule has 0 aromatic rings. The first-order valence-corrected chi connectivity index (χ1v) is 4.26. The van der Waals surface area contributed by atoms with Gasteiger partial charge in [0.05, 0.1) is 0 Å². The Hall–Kier alpha value is -2.52. The zero-order valence-electron chi connectivity index (χ0n) is 8.34. The lowest BCUT2D eigenvalue weighted by molar-refractivity contribution is 0.0344. The van der Waals surface area contributed by atoms with Crippen molar-refractivity contribution >= 4 is 11.9 Å². The minimum absolute atomic E-state index is 0.00983. The van der Waals surface area contributed by atoms with Gasteiger partial charge in [0.1, 0.15) is 20.1 Å². The highest BCUT2D eigenvalue weighted by molar-refractivity contribution is 5.82. The van der Waals surface area contributed by atoms with Crippen molar-refractivity contribution in [3.05, 3.63) is 0 Å². The number of ether oxygens (including phenoxy) is 1. The SMILES string of the molecule is N#CN=C1NCOCN1CN=C(N)NC#N. The Kier molecular flexibility index (Phi) is 4.37. The highest BCUT2D eigenvalue weighted by Gasteiger charge is 2.15. The molecule has 0 aromatic carbocycles. The van der Waals surface area contributed by atoms with E-state index in [-0.39, 0.29) is 26.1 Å². The minimum atomic E-state index is -0.00983. The Morgan fingerprint density at radius 3 is 3.19 bits per heavy atom. The Morgan fingerprint density at radius 2 is 2.50 bits per heavy atom. The van der Waals surface area contributed by atoms with Crippen molar-refractivity contribution in [3.63, 3.8) is 0 Å². The average molecular weight is 222 g/mol. The summed E-state index contributed by atoms with van der Waals surface area (Å²) in [6.07, 6.45) is 3.30. The minimum Gasteiger partial charge on any atom is -0.369 e. The van der Waals surface area contributed by atoms with Crippen molar-refractivity contribution in [2.75, 3.05) is 20.1 Å². The third-order valence-electron chi connectivity index (χ3n) is 1.63. The van der Waals surface area contributed by atoms with Crippen LogP contribution in [-0.4, -0.2) is 36.9 Å². The zero-order chi connectivity index (χ0) is 11.8. The first kappa shape index (κ1) is 11.6. The number of aliphatic imine (C=N–C) groups is 2. The molecule has 1 saturated heterocycles. The second-order valence-electron chi connectivity index (χ2n) is 2.65. The molecule has 1 aliphatic rings. The van der Waals surface area contributed by atoms with E-state index in [0.29, 0.717) is 5.96 Å². The van der Waals surface area contributed by atoms with Crippen molar-refractivity contribution in [2.45, 2.75) is 0 Å². The van der Waals surface area contributed by atoms with Crippen molar-refractivity contribution in [2.24, 2.45) is 15.7 Å². The number of nitrogens with one attached hydrogen (secondary N) is 2. The molecule has 84 valence electrons. The summed E-state index contributed by atoms with van der Waals surface area (Å²) in [7, 11) is 0. The summed E-state index contributed by atoms with van der Waals surface area (Å²) in [6, 6.07) is 0. The molecule has 1 aliphatic heterocycles. The maximum atomic E-state index is 8.44. The quantitative estimate of drug-likeness (QED) is 0.213. The van der Waals surface area contributed by atoms with E-state index in [0.717, 1.165) is 0 Å². The lowest BCUT2D eigenvalue weighted by Crippen LogP contribution is -2.49. The largest absolute Gasteiger partial charge is 0.369 e. The van der Waals surface area contributed by atoms with Gasteiger partial charge in [-0.25, -0.2) is 4.99 Å². The van der Waals surface area contributed by atoms with Gasteiger partial charge in [-0.05, 0) is 0 Å². The summed E-state index contributed by atoms with van der Waals surface area (Å²) in [5, 5.41) is 21.6. The number of hydrogen-bond donors (Lipinski definition) is 3. The van der Waals surface area contributed by atoms with E-state index in [1.165, 1.54) is 0 Å². The average Bonchev–Trinajstić information content (AvgIpc) is 2.29. The predicted octanol–water partition coefficient (Wildman–Crippen LogP) is -2.00. The highest BCUT2D eigenvalue weighted by atomic mass is 16.5. The van der Waals surface area contributed by atoms with Crippen LogP contribution in [0.2, 0.25) is 0 Å². The van der Waals surface area contributed by atoms with Gasteiger partial charge in [0.2, 0.25) is 18.1 Å². The lowest BCUT2D eigenvalue weighted by Gasteiger charge is -2.28. The summed E-state index contributed by atoms with van der Waals surface area (Å²) < 4.78 is 5.08. The van der Waals surface area contributed by atoms with Crippen molar-refractivity contribution in [1.29, 1.82) is 10.5 Å². The van der Waals surface area contributed by atoms with Gasteiger partial charge in [0.15, 0.2) is 6.19 Å². The second kappa shape index (κ2) is 6.06. The van der Waals surface area contributed by atoms with Gasteiger partial charge in [0.25, 0.3) is 0 Å². The van der Waals surface area contributed by atoms with E-state index in [2.05, 4.69) is 20.6 Å². The molecular weight excluding hydrogens is 212 g/mol. The Bertz CT molecular complexity index is 375. The van der Waals surface area contributed by atoms with Crippen LogP contribution in [-0.2, 0) is 4.74 Å².